The van der Waals surface area contributed by atoms with Crippen molar-refractivity contribution in [2.75, 3.05) is 6.61 Å². The topological polar surface area (TPSA) is 20.2 Å². The minimum absolute atomic E-state index is 0.371. The second-order valence-corrected chi connectivity index (χ2v) is 6.30. The molecule has 1 atom stereocenters. The first-order valence-electron chi connectivity index (χ1n) is 8.92. The minimum atomic E-state index is 0.371. The lowest BCUT2D eigenvalue weighted by Gasteiger charge is -2.10. The predicted molar refractivity (Wildman–Crippen MR) is 86.6 cm³/mol. The van der Waals surface area contributed by atoms with Crippen molar-refractivity contribution in [1.82, 2.24) is 0 Å². The highest BCUT2D eigenvalue weighted by Crippen LogP contribution is 2.18. The van der Waals surface area contributed by atoms with Gasteiger partial charge in [-0.1, -0.05) is 97.3 Å². The lowest BCUT2D eigenvalue weighted by atomic mass is 9.96. The lowest BCUT2D eigenvalue weighted by molar-refractivity contribution is 0.282. The van der Waals surface area contributed by atoms with Crippen molar-refractivity contribution >= 4 is 0 Å². The van der Waals surface area contributed by atoms with Gasteiger partial charge in [0.15, 0.2) is 0 Å². The molecule has 116 valence electrons. The summed E-state index contributed by atoms with van der Waals surface area (Å²) in [4.78, 5) is 0. The quantitative estimate of drug-likeness (QED) is 0.357. The number of hydrogen-bond donors (Lipinski definition) is 1. The summed E-state index contributed by atoms with van der Waals surface area (Å²) in [7, 11) is 0. The van der Waals surface area contributed by atoms with Crippen LogP contribution in [0.1, 0.15) is 104 Å². The molecule has 0 aliphatic rings. The molecular formula is C18H38O. The molecule has 0 heterocycles. The number of aliphatic hydroxyl groups is 1. The molecule has 0 aliphatic carbocycles. The van der Waals surface area contributed by atoms with E-state index < -0.39 is 0 Å². The maximum absolute atomic E-state index is 8.69. The molecule has 0 saturated carbocycles. The van der Waals surface area contributed by atoms with Crippen molar-refractivity contribution < 1.29 is 5.11 Å². The summed E-state index contributed by atoms with van der Waals surface area (Å²) >= 11 is 0. The molecule has 1 unspecified atom stereocenters. The van der Waals surface area contributed by atoms with Crippen LogP contribution in [0.2, 0.25) is 0 Å². The molecule has 0 aromatic carbocycles. The summed E-state index contributed by atoms with van der Waals surface area (Å²) in [6, 6.07) is 0. The van der Waals surface area contributed by atoms with Crippen LogP contribution < -0.4 is 0 Å². The Bertz CT molecular complexity index is 156. The third-order valence-electron chi connectivity index (χ3n) is 4.16. The summed E-state index contributed by atoms with van der Waals surface area (Å²) in [6.07, 6.45) is 19.1. The Kier molecular flexibility index (Phi) is 16.0. The highest BCUT2D eigenvalue weighted by atomic mass is 16.2. The van der Waals surface area contributed by atoms with E-state index in [9.17, 15) is 0 Å². The molecule has 1 heteroatoms. The molecule has 0 spiro atoms. The van der Waals surface area contributed by atoms with Crippen molar-refractivity contribution in [3.05, 3.63) is 0 Å². The first-order chi connectivity index (χ1) is 9.31. The van der Waals surface area contributed by atoms with Gasteiger partial charge in [0.25, 0.3) is 0 Å². The monoisotopic (exact) mass is 270 g/mol. The summed E-state index contributed by atoms with van der Waals surface area (Å²) in [5.74, 6) is 0.941. The largest absolute Gasteiger partial charge is 0.396 e. The van der Waals surface area contributed by atoms with Crippen molar-refractivity contribution in [2.24, 2.45) is 5.92 Å². The van der Waals surface area contributed by atoms with Crippen LogP contribution in [0.25, 0.3) is 0 Å². The molecule has 19 heavy (non-hydrogen) atoms. The minimum Gasteiger partial charge on any atom is -0.396 e. The van der Waals surface area contributed by atoms with Crippen LogP contribution in [0.5, 0.6) is 0 Å². The van der Waals surface area contributed by atoms with E-state index in [1.807, 2.05) is 0 Å². The van der Waals surface area contributed by atoms with E-state index in [0.717, 1.165) is 12.3 Å². The van der Waals surface area contributed by atoms with Crippen LogP contribution in [0.15, 0.2) is 0 Å². The normalized spacial score (nSPS) is 12.8. The molecule has 1 N–H and O–H groups in total. The third-order valence-corrected chi connectivity index (χ3v) is 4.16. The van der Waals surface area contributed by atoms with E-state index in [2.05, 4.69) is 13.8 Å². The summed E-state index contributed by atoms with van der Waals surface area (Å²) < 4.78 is 0. The van der Waals surface area contributed by atoms with Gasteiger partial charge in [0.1, 0.15) is 0 Å². The van der Waals surface area contributed by atoms with Crippen molar-refractivity contribution in [3.8, 4) is 0 Å². The molecule has 0 bridgehead atoms. The van der Waals surface area contributed by atoms with E-state index in [-0.39, 0.29) is 0 Å². The van der Waals surface area contributed by atoms with E-state index in [1.165, 1.54) is 83.5 Å². The smallest absolute Gasteiger partial charge is 0.0431 e. The van der Waals surface area contributed by atoms with E-state index in [1.54, 1.807) is 0 Å². The zero-order valence-electron chi connectivity index (χ0n) is 13.6. The fourth-order valence-electron chi connectivity index (χ4n) is 2.73. The van der Waals surface area contributed by atoms with Gasteiger partial charge in [-0.05, 0) is 12.3 Å². The Hall–Kier alpha value is -0.0400. The Labute approximate surface area is 122 Å². The molecule has 0 aromatic heterocycles. The molecule has 0 radical (unpaired) electrons. The Morgan fingerprint density at radius 2 is 1.05 bits per heavy atom. The van der Waals surface area contributed by atoms with E-state index >= 15 is 0 Å². The van der Waals surface area contributed by atoms with E-state index in [4.69, 9.17) is 5.11 Å². The molecule has 0 aromatic rings. The molecule has 0 saturated heterocycles. The number of rotatable bonds is 15. The summed E-state index contributed by atoms with van der Waals surface area (Å²) in [6.45, 7) is 5.09. The fraction of sp³-hybridized carbons (Fsp3) is 1.00. The number of hydrogen-bond acceptors (Lipinski definition) is 1. The van der Waals surface area contributed by atoms with Gasteiger partial charge in [0.2, 0.25) is 0 Å². The Balaban J connectivity index is 3.09. The van der Waals surface area contributed by atoms with Gasteiger partial charge < -0.3 is 5.11 Å². The van der Waals surface area contributed by atoms with E-state index in [0.29, 0.717) is 6.61 Å². The van der Waals surface area contributed by atoms with Crippen molar-refractivity contribution in [3.63, 3.8) is 0 Å². The average molecular weight is 271 g/mol. The Morgan fingerprint density at radius 3 is 1.53 bits per heavy atom. The number of unbranched alkanes of at least 4 members (excludes halogenated alkanes) is 10. The van der Waals surface area contributed by atoms with Crippen LogP contribution in [0, 0.1) is 5.92 Å². The average Bonchev–Trinajstić information content (AvgIpc) is 2.41. The first kappa shape index (κ1) is 19.0. The highest BCUT2D eigenvalue weighted by molar-refractivity contribution is 4.55. The van der Waals surface area contributed by atoms with Gasteiger partial charge in [-0.15, -0.1) is 0 Å². The van der Waals surface area contributed by atoms with Crippen LogP contribution in [-0.4, -0.2) is 11.7 Å². The van der Waals surface area contributed by atoms with Gasteiger partial charge in [-0.3, -0.25) is 0 Å². The molecule has 0 rings (SSSR count). The molecule has 1 nitrogen and oxygen atoms in total. The van der Waals surface area contributed by atoms with Gasteiger partial charge in [-0.2, -0.15) is 0 Å². The fourth-order valence-corrected chi connectivity index (χ4v) is 2.73. The number of aliphatic hydroxyl groups excluding tert-OH is 1. The maximum atomic E-state index is 8.69. The standard InChI is InChI=1S/C18H38O/c1-3-4-5-9-12-15-18(2)16-13-10-7-6-8-11-14-17-19/h18-19H,3-17H2,1-2H3. The first-order valence-corrected chi connectivity index (χ1v) is 8.92. The lowest BCUT2D eigenvalue weighted by Crippen LogP contribution is -1.95. The molecule has 0 aliphatic heterocycles. The van der Waals surface area contributed by atoms with Gasteiger partial charge >= 0.3 is 0 Å². The van der Waals surface area contributed by atoms with Gasteiger partial charge in [-0.25, -0.2) is 0 Å². The highest BCUT2D eigenvalue weighted by Gasteiger charge is 2.01. The summed E-state index contributed by atoms with van der Waals surface area (Å²) in [5, 5.41) is 8.69. The maximum Gasteiger partial charge on any atom is 0.0431 e. The second kappa shape index (κ2) is 16.0. The van der Waals surface area contributed by atoms with Crippen molar-refractivity contribution in [2.45, 2.75) is 104 Å². The second-order valence-electron chi connectivity index (χ2n) is 6.30. The van der Waals surface area contributed by atoms with Crippen molar-refractivity contribution in [1.29, 1.82) is 0 Å². The molecule has 0 fully saturated rings. The zero-order chi connectivity index (χ0) is 14.2. The van der Waals surface area contributed by atoms with Crippen LogP contribution in [0.3, 0.4) is 0 Å². The molecular weight excluding hydrogens is 232 g/mol. The van der Waals surface area contributed by atoms with Crippen LogP contribution in [-0.2, 0) is 0 Å². The molecule has 0 amide bonds. The van der Waals surface area contributed by atoms with Crippen LogP contribution in [0.4, 0.5) is 0 Å². The summed E-state index contributed by atoms with van der Waals surface area (Å²) in [5.41, 5.74) is 0. The SMILES string of the molecule is CCCCCCCC(C)CCCCCCCCCO. The van der Waals surface area contributed by atoms with Gasteiger partial charge in [0.05, 0.1) is 0 Å². The predicted octanol–water partition coefficient (Wildman–Crippen LogP) is 6.10. The van der Waals surface area contributed by atoms with Gasteiger partial charge in [0, 0.05) is 6.61 Å². The van der Waals surface area contributed by atoms with Crippen LogP contribution >= 0.6 is 0 Å². The third kappa shape index (κ3) is 15.9. The Morgan fingerprint density at radius 1 is 0.632 bits per heavy atom. The zero-order valence-corrected chi connectivity index (χ0v) is 13.6.